The minimum Gasteiger partial charge on any atom is -0.493 e. The van der Waals surface area contributed by atoms with Gasteiger partial charge in [-0.3, -0.25) is 0 Å². The molecule has 61 heavy (non-hydrogen) atoms. The first kappa shape index (κ1) is 39.9. The highest BCUT2D eigenvalue weighted by molar-refractivity contribution is 5.64. The summed E-state index contributed by atoms with van der Waals surface area (Å²) in [5.74, 6) is 2.62. The summed E-state index contributed by atoms with van der Waals surface area (Å²) in [6.07, 6.45) is 10.3. The Morgan fingerprint density at radius 3 is 1.49 bits per heavy atom. The van der Waals surface area contributed by atoms with Crippen molar-refractivity contribution in [1.29, 1.82) is 0 Å². The minimum absolute atomic E-state index is 0.0210. The smallest absolute Gasteiger partial charge is 0.207 e. The molecule has 4 saturated heterocycles. The van der Waals surface area contributed by atoms with Gasteiger partial charge in [0.1, 0.15) is 0 Å². The highest BCUT2D eigenvalue weighted by Gasteiger charge is 2.79. The fourth-order valence-electron chi connectivity index (χ4n) is 15.3. The Hall–Kier alpha value is -2.68. The Balaban J connectivity index is 0.000000131. The number of piperidine rings is 2. The van der Waals surface area contributed by atoms with Crippen molar-refractivity contribution >= 4 is 0 Å². The molecule has 4 unspecified atom stereocenters. The van der Waals surface area contributed by atoms with E-state index in [0.717, 1.165) is 80.5 Å². The number of likely N-dealkylation sites (tertiary alicyclic amines) is 2. The van der Waals surface area contributed by atoms with Crippen LogP contribution in [0.15, 0.2) is 24.3 Å². The lowest BCUT2D eigenvalue weighted by atomic mass is 9.48. The van der Waals surface area contributed by atoms with Gasteiger partial charge in [0, 0.05) is 41.5 Å². The van der Waals surface area contributed by atoms with Crippen molar-refractivity contribution in [2.24, 2.45) is 17.3 Å². The van der Waals surface area contributed by atoms with Crippen molar-refractivity contribution in [3.8, 4) is 23.0 Å². The van der Waals surface area contributed by atoms with Gasteiger partial charge in [-0.05, 0) is 114 Å². The molecule has 4 spiro atoms. The second-order valence-corrected chi connectivity index (χ2v) is 21.7. The van der Waals surface area contributed by atoms with Gasteiger partial charge in [-0.15, -0.1) is 0 Å². The Morgan fingerprint density at radius 2 is 1.05 bits per heavy atom. The molecule has 13 rings (SSSR count). The Labute approximate surface area is 360 Å². The van der Waals surface area contributed by atoms with Gasteiger partial charge < -0.3 is 57.9 Å². The number of rotatable bonds is 2. The molecule has 0 amide bonds. The van der Waals surface area contributed by atoms with E-state index >= 15 is 0 Å². The first-order valence-corrected chi connectivity index (χ1v) is 23.4. The normalized spacial score (nSPS) is 44.0. The van der Waals surface area contributed by atoms with E-state index in [1.165, 1.54) is 42.4 Å². The van der Waals surface area contributed by atoms with Crippen molar-refractivity contribution in [3.05, 3.63) is 46.5 Å². The zero-order chi connectivity index (χ0) is 42.0. The molecule has 5 aliphatic carbocycles. The van der Waals surface area contributed by atoms with Crippen molar-refractivity contribution < 1.29 is 48.1 Å². The van der Waals surface area contributed by atoms with Crippen LogP contribution >= 0.6 is 0 Å². The summed E-state index contributed by atoms with van der Waals surface area (Å²) in [4.78, 5) is 4.69. The van der Waals surface area contributed by atoms with Crippen LogP contribution in [0.2, 0.25) is 0 Å². The lowest BCUT2D eigenvalue weighted by Crippen LogP contribution is -2.80. The van der Waals surface area contributed by atoms with E-state index in [1.54, 1.807) is 14.2 Å². The number of likely N-dealkylation sites (N-methyl/N-ethyl adjacent to an activating group) is 2. The van der Waals surface area contributed by atoms with Crippen molar-refractivity contribution in [1.82, 2.24) is 9.80 Å². The SMILES string of the molecule is COc1ccc2c3c1O[C@H]1C4(CCC5(O)[C@@H](C2)N(C)CC[C@]315)OCC(C)(C)CO4.COc1ccc2c3c1O[C@H]1C4(CCC5(O)[C@@H](C2)N(C)CC[C@]315)OCC1CCCCC1CO4. The molecule has 6 heterocycles. The van der Waals surface area contributed by atoms with Crippen LogP contribution in [-0.2, 0) is 42.6 Å². The van der Waals surface area contributed by atoms with Crippen molar-refractivity contribution in [2.75, 3.05) is 67.8 Å². The quantitative estimate of drug-likeness (QED) is 0.410. The van der Waals surface area contributed by atoms with E-state index in [9.17, 15) is 10.2 Å². The van der Waals surface area contributed by atoms with Crippen LogP contribution in [0.3, 0.4) is 0 Å². The van der Waals surface area contributed by atoms with Gasteiger partial charge in [-0.2, -0.15) is 0 Å². The summed E-state index contributed by atoms with van der Waals surface area (Å²) < 4.78 is 51.5. The summed E-state index contributed by atoms with van der Waals surface area (Å²) in [6, 6.07) is 8.52. The van der Waals surface area contributed by atoms with Crippen LogP contribution in [0, 0.1) is 17.3 Å². The predicted octanol–water partition coefficient (Wildman–Crippen LogP) is 5.28. The van der Waals surface area contributed by atoms with E-state index in [2.05, 4.69) is 49.9 Å². The topological polar surface area (TPSA) is 121 Å². The molecule has 11 aliphatic rings. The third-order valence-corrected chi connectivity index (χ3v) is 18.4. The summed E-state index contributed by atoms with van der Waals surface area (Å²) in [6.45, 7) is 8.92. The summed E-state index contributed by atoms with van der Waals surface area (Å²) in [5.41, 5.74) is 2.07. The standard InChI is InChI=1S/C26H35NO5.C23H31NO5/c1-27-12-11-24-21-16-7-8-19(29-2)22(21)32-23(24)26(10-9-25(24,28)20(27)13-16)30-14-17-5-3-4-6-18(17)15-31-26;1-20(2)12-27-23(28-13-20)8-7-22(25)16-11-14-5-6-15(26-4)18-17(14)21(22,19(23)29-18)9-10-24(16)3/h7-8,17-18,20,23,28H,3-6,9-15H2,1-2H3;5-6,16,19,25H,7-13H2,1-4H3/t17?,18?,20-,23-,24+,25?,26?;16-,19-,21+,22?/m11/s1. The Kier molecular flexibility index (Phi) is 8.64. The van der Waals surface area contributed by atoms with Crippen molar-refractivity contribution in [2.45, 2.75) is 149 Å². The average Bonchev–Trinajstić information content (AvgIpc) is 3.75. The molecule has 6 aliphatic heterocycles. The fourth-order valence-corrected chi connectivity index (χ4v) is 15.3. The largest absolute Gasteiger partial charge is 0.493 e. The minimum atomic E-state index is -0.861. The second kappa shape index (κ2) is 13.2. The molecule has 332 valence electrons. The number of nitrogens with zero attached hydrogens (tertiary/aromatic N) is 2. The molecule has 2 aromatic rings. The second-order valence-electron chi connectivity index (χ2n) is 21.7. The van der Waals surface area contributed by atoms with Gasteiger partial charge >= 0.3 is 0 Å². The number of benzene rings is 2. The Morgan fingerprint density at radius 1 is 0.607 bits per heavy atom. The third kappa shape index (κ3) is 4.95. The first-order chi connectivity index (χ1) is 29.3. The summed E-state index contributed by atoms with van der Waals surface area (Å²) >= 11 is 0. The number of hydrogen-bond donors (Lipinski definition) is 2. The average molecular weight is 843 g/mol. The maximum absolute atomic E-state index is 12.5. The molecule has 7 fully saturated rings. The van der Waals surface area contributed by atoms with E-state index in [-0.39, 0.29) is 29.7 Å². The van der Waals surface area contributed by atoms with E-state index in [0.29, 0.717) is 50.7 Å². The van der Waals surface area contributed by atoms with Crippen LogP contribution in [0.1, 0.15) is 100 Å². The zero-order valence-electron chi connectivity index (χ0n) is 37.1. The molecule has 12 heteroatoms. The molecule has 0 radical (unpaired) electrons. The van der Waals surface area contributed by atoms with Crippen molar-refractivity contribution in [3.63, 3.8) is 0 Å². The van der Waals surface area contributed by atoms with Gasteiger partial charge in [-0.25, -0.2) is 0 Å². The Bertz CT molecular complexity index is 2100. The van der Waals surface area contributed by atoms with Crippen LogP contribution in [-0.4, -0.2) is 135 Å². The van der Waals surface area contributed by atoms with E-state index in [4.69, 9.17) is 37.9 Å². The van der Waals surface area contributed by atoms with E-state index in [1.807, 2.05) is 12.1 Å². The van der Waals surface area contributed by atoms with Crippen LogP contribution < -0.4 is 18.9 Å². The van der Waals surface area contributed by atoms with E-state index < -0.39 is 33.6 Å². The van der Waals surface area contributed by atoms with Gasteiger partial charge in [0.05, 0.1) is 62.7 Å². The first-order valence-electron chi connectivity index (χ1n) is 23.4. The number of fused-ring (bicyclic) bond motifs is 3. The molecular weight excluding hydrogens is 777 g/mol. The molecule has 4 bridgehead atoms. The lowest BCUT2D eigenvalue weighted by Gasteiger charge is -2.66. The van der Waals surface area contributed by atoms with Gasteiger partial charge in [0.15, 0.2) is 35.2 Å². The maximum atomic E-state index is 12.5. The maximum Gasteiger partial charge on any atom is 0.207 e. The van der Waals surface area contributed by atoms with Crippen LogP contribution in [0.25, 0.3) is 0 Å². The highest BCUT2D eigenvalue weighted by Crippen LogP contribution is 2.70. The van der Waals surface area contributed by atoms with Crippen LogP contribution in [0.4, 0.5) is 0 Å². The molecule has 10 atom stereocenters. The molecule has 12 nitrogen and oxygen atoms in total. The highest BCUT2D eigenvalue weighted by atomic mass is 16.7. The van der Waals surface area contributed by atoms with Gasteiger partial charge in [-0.1, -0.05) is 38.8 Å². The van der Waals surface area contributed by atoms with Crippen LogP contribution in [0.5, 0.6) is 23.0 Å². The van der Waals surface area contributed by atoms with Gasteiger partial charge in [0.25, 0.3) is 0 Å². The fraction of sp³-hybridized carbons (Fsp3) is 0.755. The third-order valence-electron chi connectivity index (χ3n) is 18.4. The predicted molar refractivity (Wildman–Crippen MR) is 225 cm³/mol. The number of hydrogen-bond acceptors (Lipinski definition) is 12. The number of aliphatic hydroxyl groups is 2. The molecule has 3 saturated carbocycles. The number of methoxy groups -OCH3 is 2. The van der Waals surface area contributed by atoms with Gasteiger partial charge in [0.2, 0.25) is 11.6 Å². The molecular formula is C49H66N2O10. The lowest BCUT2D eigenvalue weighted by molar-refractivity contribution is -0.368. The molecule has 2 N–H and O–H groups in total. The molecule has 0 aromatic heterocycles. The number of ether oxygens (including phenoxy) is 8. The summed E-state index contributed by atoms with van der Waals surface area (Å²) in [7, 11) is 7.67. The summed E-state index contributed by atoms with van der Waals surface area (Å²) in [5, 5.41) is 24.8. The molecule has 2 aromatic carbocycles. The monoisotopic (exact) mass is 842 g/mol. The zero-order valence-corrected chi connectivity index (χ0v) is 37.1.